The molecule has 0 N–H and O–H groups in total. The average Bonchev–Trinajstić information content (AvgIpc) is 2.72. The van der Waals surface area contributed by atoms with Crippen LogP contribution < -0.4 is 0 Å². The summed E-state index contributed by atoms with van der Waals surface area (Å²) < 4.78 is 6.79. The first kappa shape index (κ1) is 12.5. The fourth-order valence-electron chi connectivity index (χ4n) is 1.91. The van der Waals surface area contributed by atoms with Gasteiger partial charge in [-0.3, -0.25) is 9.20 Å². The van der Waals surface area contributed by atoms with Crippen molar-refractivity contribution >= 4 is 11.7 Å². The minimum absolute atomic E-state index is 0.299. The minimum Gasteiger partial charge on any atom is -0.465 e. The Hall–Kier alpha value is -1.98. The zero-order valence-corrected chi connectivity index (χ0v) is 11.0. The van der Waals surface area contributed by atoms with Gasteiger partial charge in [-0.05, 0) is 33.8 Å². The second kappa shape index (κ2) is 4.72. The molecule has 96 valence electrons. The first-order valence-electron chi connectivity index (χ1n) is 5.90. The van der Waals surface area contributed by atoms with E-state index >= 15 is 0 Å². The highest BCUT2D eigenvalue weighted by Gasteiger charge is 2.23. The minimum atomic E-state index is -0.455. The van der Waals surface area contributed by atoms with Crippen molar-refractivity contribution in [3.05, 3.63) is 23.3 Å². The molecule has 0 saturated heterocycles. The Morgan fingerprint density at radius 1 is 1.44 bits per heavy atom. The maximum Gasteiger partial charge on any atom is 0.316 e. The van der Waals surface area contributed by atoms with Crippen molar-refractivity contribution in [2.45, 2.75) is 33.6 Å². The fourth-order valence-corrected chi connectivity index (χ4v) is 1.91. The Labute approximate surface area is 105 Å². The lowest BCUT2D eigenvalue weighted by Crippen LogP contribution is -2.16. The zero-order valence-electron chi connectivity index (χ0n) is 11.0. The zero-order chi connectivity index (χ0) is 13.3. The van der Waals surface area contributed by atoms with Gasteiger partial charge in [-0.15, -0.1) is 10.2 Å². The molecule has 6 heteroatoms. The lowest BCUT2D eigenvalue weighted by molar-refractivity contribution is -0.144. The second-order valence-electron chi connectivity index (χ2n) is 4.21. The lowest BCUT2D eigenvalue weighted by atomic mass is 10.1. The molecule has 18 heavy (non-hydrogen) atoms. The number of aryl methyl sites for hydroxylation is 2. The van der Waals surface area contributed by atoms with Crippen LogP contribution in [0.5, 0.6) is 0 Å². The SMILES string of the molecule is CCOC(=O)C(C)c1nnc2nc(C)cc(C)n12. The van der Waals surface area contributed by atoms with Crippen molar-refractivity contribution in [2.24, 2.45) is 0 Å². The van der Waals surface area contributed by atoms with E-state index in [0.29, 0.717) is 18.2 Å². The van der Waals surface area contributed by atoms with Crippen LogP contribution in [0.25, 0.3) is 5.78 Å². The molecule has 0 bridgehead atoms. The molecule has 2 aromatic rings. The van der Waals surface area contributed by atoms with Gasteiger partial charge < -0.3 is 4.74 Å². The predicted octanol–water partition coefficient (Wildman–Crippen LogP) is 1.41. The van der Waals surface area contributed by atoms with Crippen molar-refractivity contribution in [1.82, 2.24) is 19.6 Å². The summed E-state index contributed by atoms with van der Waals surface area (Å²) in [5, 5.41) is 8.05. The molecule has 0 aliphatic carbocycles. The largest absolute Gasteiger partial charge is 0.465 e. The van der Waals surface area contributed by atoms with E-state index in [1.54, 1.807) is 18.2 Å². The second-order valence-corrected chi connectivity index (χ2v) is 4.21. The Morgan fingerprint density at radius 2 is 2.17 bits per heavy atom. The van der Waals surface area contributed by atoms with E-state index in [9.17, 15) is 4.79 Å². The smallest absolute Gasteiger partial charge is 0.316 e. The van der Waals surface area contributed by atoms with E-state index in [1.165, 1.54) is 0 Å². The summed E-state index contributed by atoms with van der Waals surface area (Å²) in [7, 11) is 0. The lowest BCUT2D eigenvalue weighted by Gasteiger charge is -2.10. The van der Waals surface area contributed by atoms with E-state index in [0.717, 1.165) is 11.4 Å². The van der Waals surface area contributed by atoms with Crippen LogP contribution in [-0.4, -0.2) is 32.2 Å². The monoisotopic (exact) mass is 248 g/mol. The maximum absolute atomic E-state index is 11.7. The number of esters is 1. The summed E-state index contributed by atoms with van der Waals surface area (Å²) in [4.78, 5) is 16.0. The Kier molecular flexibility index (Phi) is 3.27. The van der Waals surface area contributed by atoms with E-state index < -0.39 is 5.92 Å². The third-order valence-corrected chi connectivity index (χ3v) is 2.75. The number of rotatable bonds is 3. The third-order valence-electron chi connectivity index (χ3n) is 2.75. The van der Waals surface area contributed by atoms with Crippen molar-refractivity contribution in [2.75, 3.05) is 6.61 Å². The molecule has 6 nitrogen and oxygen atoms in total. The molecule has 2 heterocycles. The van der Waals surface area contributed by atoms with Crippen molar-refractivity contribution in [1.29, 1.82) is 0 Å². The van der Waals surface area contributed by atoms with Crippen LogP contribution >= 0.6 is 0 Å². The molecule has 1 atom stereocenters. The van der Waals surface area contributed by atoms with Gasteiger partial charge in [0.1, 0.15) is 5.92 Å². The Morgan fingerprint density at radius 3 is 2.83 bits per heavy atom. The number of hydrogen-bond donors (Lipinski definition) is 0. The molecule has 0 amide bonds. The molecule has 2 aromatic heterocycles. The number of carbonyl (C=O) groups is 1. The van der Waals surface area contributed by atoms with Crippen LogP contribution in [0.4, 0.5) is 0 Å². The van der Waals surface area contributed by atoms with Crippen LogP contribution in [0.2, 0.25) is 0 Å². The topological polar surface area (TPSA) is 69.4 Å². The summed E-state index contributed by atoms with van der Waals surface area (Å²) >= 11 is 0. The Bertz CT molecular complexity index is 591. The summed E-state index contributed by atoms with van der Waals surface area (Å²) in [6.07, 6.45) is 0. The van der Waals surface area contributed by atoms with E-state index in [4.69, 9.17) is 4.74 Å². The maximum atomic E-state index is 11.7. The highest BCUT2D eigenvalue weighted by atomic mass is 16.5. The van der Waals surface area contributed by atoms with Crippen LogP contribution in [0, 0.1) is 13.8 Å². The summed E-state index contributed by atoms with van der Waals surface area (Å²) in [6, 6.07) is 1.93. The van der Waals surface area contributed by atoms with Crippen molar-refractivity contribution in [3.63, 3.8) is 0 Å². The molecule has 0 saturated carbocycles. The van der Waals surface area contributed by atoms with E-state index in [-0.39, 0.29) is 5.97 Å². The van der Waals surface area contributed by atoms with Crippen LogP contribution in [0.3, 0.4) is 0 Å². The van der Waals surface area contributed by atoms with Crippen LogP contribution in [0.1, 0.15) is 37.0 Å². The quantitative estimate of drug-likeness (QED) is 0.768. The molecule has 1 unspecified atom stereocenters. The van der Waals surface area contributed by atoms with Crippen molar-refractivity contribution in [3.8, 4) is 0 Å². The van der Waals surface area contributed by atoms with Gasteiger partial charge in [-0.1, -0.05) is 0 Å². The average molecular weight is 248 g/mol. The highest BCUT2D eigenvalue weighted by Crippen LogP contribution is 2.17. The van der Waals surface area contributed by atoms with Crippen molar-refractivity contribution < 1.29 is 9.53 Å². The van der Waals surface area contributed by atoms with E-state index in [1.807, 2.05) is 19.9 Å². The molecule has 0 aromatic carbocycles. The summed E-state index contributed by atoms with van der Waals surface area (Å²) in [6.45, 7) is 7.73. The van der Waals surface area contributed by atoms with Gasteiger partial charge in [0, 0.05) is 11.4 Å². The molecule has 0 fully saturated rings. The summed E-state index contributed by atoms with van der Waals surface area (Å²) in [5.41, 5.74) is 1.83. The van der Waals surface area contributed by atoms with Gasteiger partial charge in [-0.2, -0.15) is 0 Å². The first-order chi connectivity index (χ1) is 8.54. The number of hydrogen-bond acceptors (Lipinski definition) is 5. The molecule has 0 spiro atoms. The molecular weight excluding hydrogens is 232 g/mol. The van der Waals surface area contributed by atoms with Crippen LogP contribution in [0.15, 0.2) is 6.07 Å². The first-order valence-corrected chi connectivity index (χ1v) is 5.90. The highest BCUT2D eigenvalue weighted by molar-refractivity contribution is 5.76. The fraction of sp³-hybridized carbons (Fsp3) is 0.500. The standard InChI is InChI=1S/C12H16N4O2/c1-5-18-11(17)9(4)10-14-15-12-13-7(2)6-8(3)16(10)12/h6,9H,5H2,1-4H3. The normalized spacial score (nSPS) is 12.7. The number of aromatic nitrogens is 4. The molecule has 0 aliphatic rings. The predicted molar refractivity (Wildman–Crippen MR) is 65.3 cm³/mol. The molecular formula is C12H16N4O2. The van der Waals surface area contributed by atoms with Gasteiger partial charge in [0.15, 0.2) is 5.82 Å². The van der Waals surface area contributed by atoms with Gasteiger partial charge in [0.05, 0.1) is 6.61 Å². The van der Waals surface area contributed by atoms with Crippen LogP contribution in [-0.2, 0) is 9.53 Å². The Balaban J connectivity index is 2.49. The number of carbonyl (C=O) groups excluding carboxylic acids is 1. The van der Waals surface area contributed by atoms with Gasteiger partial charge in [-0.25, -0.2) is 4.98 Å². The van der Waals surface area contributed by atoms with Gasteiger partial charge in [0.25, 0.3) is 5.78 Å². The number of nitrogens with zero attached hydrogens (tertiary/aromatic N) is 4. The van der Waals surface area contributed by atoms with Gasteiger partial charge >= 0.3 is 5.97 Å². The third kappa shape index (κ3) is 2.05. The molecule has 0 aliphatic heterocycles. The number of ether oxygens (including phenoxy) is 1. The summed E-state index contributed by atoms with van der Waals surface area (Å²) in [5.74, 6) is 0.321. The number of fused-ring (bicyclic) bond motifs is 1. The molecule has 0 radical (unpaired) electrons. The van der Waals surface area contributed by atoms with E-state index in [2.05, 4.69) is 15.2 Å². The molecule has 2 rings (SSSR count). The van der Waals surface area contributed by atoms with Gasteiger partial charge in [0.2, 0.25) is 0 Å².